The molecule has 0 bridgehead atoms. The molecule has 1 amide bonds. The van der Waals surface area contributed by atoms with Gasteiger partial charge in [0.05, 0.1) is 0 Å². The highest BCUT2D eigenvalue weighted by atomic mass is 35.5. The summed E-state index contributed by atoms with van der Waals surface area (Å²) in [4.78, 5) is 13.5. The Kier molecular flexibility index (Phi) is 2.98. The summed E-state index contributed by atoms with van der Waals surface area (Å²) in [5.74, 6) is -0.0256. The molecule has 0 aromatic carbocycles. The second-order valence-electron chi connectivity index (χ2n) is 3.26. The van der Waals surface area contributed by atoms with Gasteiger partial charge in [-0.3, -0.25) is 4.79 Å². The lowest BCUT2D eigenvalue weighted by Crippen LogP contribution is -2.38. The Hall–Kier alpha value is -0.680. The van der Waals surface area contributed by atoms with Crippen molar-refractivity contribution in [3.05, 3.63) is 11.1 Å². The van der Waals surface area contributed by atoms with Crippen LogP contribution >= 0.6 is 23.1 Å². The molecule has 2 heterocycles. The SMILES string of the molecule is O=C(c1csnn1)N1CCC(Cl)CC1. The molecule has 1 aromatic heterocycles. The van der Waals surface area contributed by atoms with Gasteiger partial charge in [0, 0.05) is 23.8 Å². The molecule has 1 aliphatic heterocycles. The number of nitrogens with zero attached hydrogens (tertiary/aromatic N) is 3. The number of carbonyl (C=O) groups is 1. The molecule has 0 aliphatic carbocycles. The van der Waals surface area contributed by atoms with Crippen molar-refractivity contribution in [3.8, 4) is 0 Å². The van der Waals surface area contributed by atoms with Crippen molar-refractivity contribution in [2.45, 2.75) is 18.2 Å². The molecule has 4 nitrogen and oxygen atoms in total. The Bertz CT molecular complexity index is 308. The Morgan fingerprint density at radius 3 is 2.86 bits per heavy atom. The van der Waals surface area contributed by atoms with E-state index in [0.29, 0.717) is 5.69 Å². The molecule has 6 heteroatoms. The van der Waals surface area contributed by atoms with Gasteiger partial charge in [0.1, 0.15) is 0 Å². The van der Waals surface area contributed by atoms with E-state index in [9.17, 15) is 4.79 Å². The largest absolute Gasteiger partial charge is 0.337 e. The minimum absolute atomic E-state index is 0.0256. The number of carbonyl (C=O) groups excluding carboxylic acids is 1. The monoisotopic (exact) mass is 231 g/mol. The summed E-state index contributed by atoms with van der Waals surface area (Å²) in [7, 11) is 0. The predicted molar refractivity (Wildman–Crippen MR) is 54.7 cm³/mol. The van der Waals surface area contributed by atoms with Gasteiger partial charge in [-0.05, 0) is 24.4 Å². The van der Waals surface area contributed by atoms with Crippen LogP contribution in [0.1, 0.15) is 23.3 Å². The number of hydrogen-bond donors (Lipinski definition) is 0. The molecular formula is C8H10ClN3OS. The van der Waals surface area contributed by atoms with Gasteiger partial charge in [0.15, 0.2) is 5.69 Å². The van der Waals surface area contributed by atoms with Crippen LogP contribution in [0.4, 0.5) is 0 Å². The standard InChI is InChI=1S/C8H10ClN3OS/c9-6-1-3-12(4-2-6)8(13)7-5-14-11-10-7/h5-6H,1-4H2. The van der Waals surface area contributed by atoms with Gasteiger partial charge in [-0.1, -0.05) is 4.49 Å². The van der Waals surface area contributed by atoms with Crippen molar-refractivity contribution in [1.29, 1.82) is 0 Å². The van der Waals surface area contributed by atoms with Crippen LogP contribution in [-0.4, -0.2) is 38.9 Å². The highest BCUT2D eigenvalue weighted by Crippen LogP contribution is 2.17. The quantitative estimate of drug-likeness (QED) is 0.686. The van der Waals surface area contributed by atoms with E-state index < -0.39 is 0 Å². The minimum Gasteiger partial charge on any atom is -0.337 e. The molecule has 1 saturated heterocycles. The molecule has 76 valence electrons. The first-order valence-electron chi connectivity index (χ1n) is 4.48. The van der Waals surface area contributed by atoms with Gasteiger partial charge in [-0.2, -0.15) is 0 Å². The topological polar surface area (TPSA) is 46.1 Å². The Balaban J connectivity index is 1.99. The van der Waals surface area contributed by atoms with E-state index in [-0.39, 0.29) is 11.3 Å². The van der Waals surface area contributed by atoms with Gasteiger partial charge in [0.2, 0.25) is 0 Å². The van der Waals surface area contributed by atoms with Crippen LogP contribution in [0.5, 0.6) is 0 Å². The Labute approximate surface area is 91.0 Å². The van der Waals surface area contributed by atoms with Crippen molar-refractivity contribution in [2.75, 3.05) is 13.1 Å². The number of hydrogen-bond acceptors (Lipinski definition) is 4. The average molecular weight is 232 g/mol. The van der Waals surface area contributed by atoms with E-state index in [2.05, 4.69) is 9.59 Å². The molecule has 1 aliphatic rings. The molecule has 0 N–H and O–H groups in total. The van der Waals surface area contributed by atoms with Gasteiger partial charge in [-0.25, -0.2) is 0 Å². The zero-order valence-corrected chi connectivity index (χ0v) is 9.09. The normalized spacial score (nSPS) is 18.5. The molecule has 0 radical (unpaired) electrons. The number of amides is 1. The predicted octanol–water partition coefficient (Wildman–Crippen LogP) is 1.38. The smallest absolute Gasteiger partial charge is 0.275 e. The second kappa shape index (κ2) is 4.23. The average Bonchev–Trinajstić information content (AvgIpc) is 2.71. The summed E-state index contributed by atoms with van der Waals surface area (Å²) in [6, 6.07) is 0. The van der Waals surface area contributed by atoms with Gasteiger partial charge >= 0.3 is 0 Å². The molecule has 0 saturated carbocycles. The van der Waals surface area contributed by atoms with Crippen molar-refractivity contribution in [2.24, 2.45) is 0 Å². The third kappa shape index (κ3) is 2.04. The fraction of sp³-hybridized carbons (Fsp3) is 0.625. The lowest BCUT2D eigenvalue weighted by atomic mass is 10.1. The summed E-state index contributed by atoms with van der Waals surface area (Å²) < 4.78 is 3.67. The van der Waals surface area contributed by atoms with Crippen molar-refractivity contribution < 1.29 is 4.79 Å². The molecular weight excluding hydrogens is 222 g/mol. The van der Waals surface area contributed by atoms with Crippen molar-refractivity contribution in [1.82, 2.24) is 14.5 Å². The van der Waals surface area contributed by atoms with Crippen LogP contribution in [0, 0.1) is 0 Å². The van der Waals surface area contributed by atoms with E-state index in [0.717, 1.165) is 25.9 Å². The summed E-state index contributed by atoms with van der Waals surface area (Å²) in [5, 5.41) is 5.65. The number of rotatable bonds is 1. The fourth-order valence-electron chi connectivity index (χ4n) is 1.47. The molecule has 1 fully saturated rings. The summed E-state index contributed by atoms with van der Waals surface area (Å²) in [5.41, 5.74) is 0.447. The van der Waals surface area contributed by atoms with E-state index >= 15 is 0 Å². The van der Waals surface area contributed by atoms with Gasteiger partial charge < -0.3 is 4.90 Å². The van der Waals surface area contributed by atoms with Crippen LogP contribution in [0.3, 0.4) is 0 Å². The second-order valence-corrected chi connectivity index (χ2v) is 4.48. The maximum atomic E-state index is 11.8. The fourth-order valence-corrected chi connectivity index (χ4v) is 2.10. The third-order valence-corrected chi connectivity index (χ3v) is 3.23. The summed E-state index contributed by atoms with van der Waals surface area (Å²) >= 11 is 7.15. The number of alkyl halides is 1. The highest BCUT2D eigenvalue weighted by molar-refractivity contribution is 7.03. The van der Waals surface area contributed by atoms with Crippen LogP contribution in [0.15, 0.2) is 5.38 Å². The van der Waals surface area contributed by atoms with Crippen LogP contribution < -0.4 is 0 Å². The third-order valence-electron chi connectivity index (χ3n) is 2.29. The van der Waals surface area contributed by atoms with Crippen LogP contribution in [0.2, 0.25) is 0 Å². The summed E-state index contributed by atoms with van der Waals surface area (Å²) in [6.07, 6.45) is 1.73. The minimum atomic E-state index is -0.0256. The molecule has 2 rings (SSSR count). The molecule has 0 atom stereocenters. The lowest BCUT2D eigenvalue weighted by molar-refractivity contribution is 0.0720. The van der Waals surface area contributed by atoms with Crippen LogP contribution in [0.25, 0.3) is 0 Å². The van der Waals surface area contributed by atoms with Gasteiger partial charge in [0.25, 0.3) is 5.91 Å². The zero-order chi connectivity index (χ0) is 9.97. The van der Waals surface area contributed by atoms with Crippen LogP contribution in [-0.2, 0) is 0 Å². The molecule has 0 spiro atoms. The molecule has 14 heavy (non-hydrogen) atoms. The molecule has 0 unspecified atom stereocenters. The van der Waals surface area contributed by atoms with E-state index in [4.69, 9.17) is 11.6 Å². The Morgan fingerprint density at radius 1 is 1.57 bits per heavy atom. The maximum Gasteiger partial charge on any atom is 0.275 e. The Morgan fingerprint density at radius 2 is 2.29 bits per heavy atom. The number of aromatic nitrogens is 2. The highest BCUT2D eigenvalue weighted by Gasteiger charge is 2.23. The maximum absolute atomic E-state index is 11.8. The summed E-state index contributed by atoms with van der Waals surface area (Å²) in [6.45, 7) is 1.45. The van der Waals surface area contributed by atoms with Crippen molar-refractivity contribution in [3.63, 3.8) is 0 Å². The first-order valence-corrected chi connectivity index (χ1v) is 5.75. The first kappa shape index (κ1) is 9.86. The van der Waals surface area contributed by atoms with Gasteiger partial charge in [-0.15, -0.1) is 16.7 Å². The van der Waals surface area contributed by atoms with E-state index in [1.807, 2.05) is 0 Å². The van der Waals surface area contributed by atoms with Crippen molar-refractivity contribution >= 4 is 29.0 Å². The number of piperidine rings is 1. The molecule has 1 aromatic rings. The number of halogens is 1. The van der Waals surface area contributed by atoms with E-state index in [1.54, 1.807) is 10.3 Å². The first-order chi connectivity index (χ1) is 6.77. The zero-order valence-electron chi connectivity index (χ0n) is 7.52. The lowest BCUT2D eigenvalue weighted by Gasteiger charge is -2.28. The van der Waals surface area contributed by atoms with E-state index in [1.165, 1.54) is 11.5 Å². The number of likely N-dealkylation sites (tertiary alicyclic amines) is 1.